The molecular weight excluding hydrogens is 630 g/mol. The fraction of sp³-hybridized carbons (Fsp3) is 0.556. The molecule has 0 spiro atoms. The number of benzene rings is 1. The second-order valence-corrected chi connectivity index (χ2v) is 14.8. The number of para-hydroxylation sites is 2. The van der Waals surface area contributed by atoms with Gasteiger partial charge in [0.05, 0.1) is 22.5 Å². The van der Waals surface area contributed by atoms with Gasteiger partial charge < -0.3 is 25.4 Å². The standard InChI is InChI=1S/C36H43N5O6S/c42-31(22-11-6-7-12-22)38-27-16-5-3-1-2-4-13-23-20-36(23,35(45)46)40-32(43)28-19-24(21-41(28)34(27)44)47-33-30(29-17-10-18-48-29)37-25-14-8-9-15-26(25)39-33/h8-10,14-15,17-18,22-24,27-28H,1-7,11-13,16,19-21H2,(H,38,42)(H,40,43)(H,45,46)/t23?,24-,27+,28+,36?/m1/s1. The molecule has 2 saturated heterocycles. The van der Waals surface area contributed by atoms with Crippen LogP contribution in [0.1, 0.15) is 83.5 Å². The van der Waals surface area contributed by atoms with E-state index in [9.17, 15) is 24.3 Å². The van der Waals surface area contributed by atoms with E-state index in [0.29, 0.717) is 29.9 Å². The molecule has 4 aliphatic rings. The van der Waals surface area contributed by atoms with Crippen molar-refractivity contribution >= 4 is 46.1 Å². The zero-order valence-corrected chi connectivity index (χ0v) is 27.9. The highest BCUT2D eigenvalue weighted by Crippen LogP contribution is 2.47. The molecule has 0 radical (unpaired) electrons. The summed E-state index contributed by atoms with van der Waals surface area (Å²) >= 11 is 1.51. The first-order chi connectivity index (χ1) is 23.3. The molecule has 2 aromatic heterocycles. The molecule has 2 unspecified atom stereocenters. The highest BCUT2D eigenvalue weighted by Gasteiger charge is 2.62. The summed E-state index contributed by atoms with van der Waals surface area (Å²) < 4.78 is 6.54. The molecule has 5 atom stereocenters. The topological polar surface area (TPSA) is 151 Å². The summed E-state index contributed by atoms with van der Waals surface area (Å²) in [6, 6.07) is 9.67. The van der Waals surface area contributed by atoms with Crippen molar-refractivity contribution in [2.45, 2.75) is 107 Å². The Labute approximate surface area is 283 Å². The van der Waals surface area contributed by atoms with Crippen LogP contribution in [0.5, 0.6) is 5.88 Å². The van der Waals surface area contributed by atoms with Crippen molar-refractivity contribution in [3.8, 4) is 16.5 Å². The van der Waals surface area contributed by atoms with Crippen molar-refractivity contribution in [3.63, 3.8) is 0 Å². The van der Waals surface area contributed by atoms with Gasteiger partial charge in [0.15, 0.2) is 0 Å². The average molecular weight is 674 g/mol. The molecular formula is C36H43N5O6S. The number of nitrogens with zero attached hydrogens (tertiary/aromatic N) is 3. The highest BCUT2D eigenvalue weighted by molar-refractivity contribution is 7.13. The van der Waals surface area contributed by atoms with Gasteiger partial charge in [-0.2, -0.15) is 0 Å². The maximum absolute atomic E-state index is 14.4. The summed E-state index contributed by atoms with van der Waals surface area (Å²) in [5.74, 6) is -1.90. The number of carbonyl (C=O) groups is 4. The zero-order chi connectivity index (χ0) is 33.3. The van der Waals surface area contributed by atoms with Crippen molar-refractivity contribution in [2.24, 2.45) is 11.8 Å². The van der Waals surface area contributed by atoms with Gasteiger partial charge in [0.2, 0.25) is 23.6 Å². The van der Waals surface area contributed by atoms with Gasteiger partial charge in [0, 0.05) is 12.3 Å². The SMILES string of the molecule is O=C(N[C@H]1CCCCCCCC2CC2(C(=O)O)NC(=O)[C@@H]2C[C@@H](Oc3nc4ccccc4nc3-c3cccs3)CN2C1=O)C1CCCC1. The third-order valence-electron chi connectivity index (χ3n) is 10.6. The maximum atomic E-state index is 14.4. The lowest BCUT2D eigenvalue weighted by Crippen LogP contribution is -2.56. The number of carboxylic acid groups (broad SMARTS) is 1. The van der Waals surface area contributed by atoms with Crippen LogP contribution in [0.3, 0.4) is 0 Å². The largest absolute Gasteiger partial charge is 0.479 e. The van der Waals surface area contributed by atoms with Crippen molar-refractivity contribution in [2.75, 3.05) is 6.54 Å². The lowest BCUT2D eigenvalue weighted by atomic mass is 10.0. The van der Waals surface area contributed by atoms with Gasteiger partial charge in [-0.3, -0.25) is 14.4 Å². The van der Waals surface area contributed by atoms with Crippen LogP contribution in [0.15, 0.2) is 41.8 Å². The summed E-state index contributed by atoms with van der Waals surface area (Å²) in [6.07, 6.45) is 9.28. The highest BCUT2D eigenvalue weighted by atomic mass is 32.1. The van der Waals surface area contributed by atoms with Crippen molar-refractivity contribution in [3.05, 3.63) is 41.8 Å². The molecule has 3 aromatic rings. The fourth-order valence-electron chi connectivity index (χ4n) is 7.83. The second-order valence-electron chi connectivity index (χ2n) is 13.9. The number of ether oxygens (including phenoxy) is 1. The molecule has 2 aliphatic heterocycles. The summed E-state index contributed by atoms with van der Waals surface area (Å²) in [5.41, 5.74) is 0.640. The van der Waals surface area contributed by atoms with E-state index in [0.717, 1.165) is 74.6 Å². The number of carboxylic acids is 1. The molecule has 48 heavy (non-hydrogen) atoms. The Bertz CT molecular complexity index is 1680. The van der Waals surface area contributed by atoms with Crippen molar-refractivity contribution < 1.29 is 29.0 Å². The molecule has 3 amide bonds. The normalized spacial score (nSPS) is 28.5. The number of hydrogen-bond acceptors (Lipinski definition) is 8. The first-order valence-corrected chi connectivity index (χ1v) is 18.3. The Kier molecular flexibility index (Phi) is 9.35. The second kappa shape index (κ2) is 13.8. The molecule has 0 bridgehead atoms. The number of nitrogens with one attached hydrogen (secondary N) is 2. The Morgan fingerprint density at radius 1 is 0.938 bits per heavy atom. The van der Waals surface area contributed by atoms with E-state index >= 15 is 0 Å². The van der Waals surface area contributed by atoms with E-state index in [1.54, 1.807) is 0 Å². The zero-order valence-electron chi connectivity index (χ0n) is 27.1. The summed E-state index contributed by atoms with van der Waals surface area (Å²) in [4.78, 5) is 66.3. The van der Waals surface area contributed by atoms with Crippen LogP contribution in [0.4, 0.5) is 0 Å². The van der Waals surface area contributed by atoms with Crippen LogP contribution in [0.2, 0.25) is 0 Å². The van der Waals surface area contributed by atoms with Gasteiger partial charge in [-0.15, -0.1) is 11.3 Å². The summed E-state index contributed by atoms with van der Waals surface area (Å²) in [5, 5.41) is 18.1. The third-order valence-corrected chi connectivity index (χ3v) is 11.5. The van der Waals surface area contributed by atoms with Gasteiger partial charge in [0.1, 0.15) is 29.4 Å². The maximum Gasteiger partial charge on any atom is 0.329 e. The lowest BCUT2D eigenvalue weighted by molar-refractivity contribution is -0.146. The molecule has 4 fully saturated rings. The predicted octanol–water partition coefficient (Wildman–Crippen LogP) is 5.09. The van der Waals surface area contributed by atoms with Crippen LogP contribution in [-0.2, 0) is 19.2 Å². The average Bonchev–Trinajstić information content (AvgIpc) is 3.60. The molecule has 4 heterocycles. The number of amides is 3. The quantitative estimate of drug-likeness (QED) is 0.328. The molecule has 3 N–H and O–H groups in total. The first-order valence-electron chi connectivity index (χ1n) is 17.5. The molecule has 2 aliphatic carbocycles. The predicted molar refractivity (Wildman–Crippen MR) is 180 cm³/mol. The minimum Gasteiger partial charge on any atom is -0.479 e. The molecule has 1 aromatic carbocycles. The summed E-state index contributed by atoms with van der Waals surface area (Å²) in [7, 11) is 0. The number of fused-ring (bicyclic) bond motifs is 3. The fourth-order valence-corrected chi connectivity index (χ4v) is 8.53. The van der Waals surface area contributed by atoms with E-state index in [1.807, 2.05) is 41.8 Å². The lowest BCUT2D eigenvalue weighted by Gasteiger charge is -2.30. The number of rotatable bonds is 6. The number of aromatic nitrogens is 2. The van der Waals surface area contributed by atoms with E-state index in [-0.39, 0.29) is 36.6 Å². The number of carbonyl (C=O) groups excluding carboxylic acids is 3. The number of aliphatic carboxylic acids is 1. The van der Waals surface area contributed by atoms with Gasteiger partial charge in [-0.25, -0.2) is 14.8 Å². The van der Waals surface area contributed by atoms with Crippen LogP contribution in [0.25, 0.3) is 21.6 Å². The van der Waals surface area contributed by atoms with Crippen molar-refractivity contribution in [1.82, 2.24) is 25.5 Å². The third kappa shape index (κ3) is 6.63. The summed E-state index contributed by atoms with van der Waals surface area (Å²) in [6.45, 7) is 0.0919. The van der Waals surface area contributed by atoms with Crippen molar-refractivity contribution in [1.29, 1.82) is 0 Å². The Hall–Kier alpha value is -4.06. The Morgan fingerprint density at radius 3 is 2.38 bits per heavy atom. The van der Waals surface area contributed by atoms with E-state index in [4.69, 9.17) is 14.7 Å². The van der Waals surface area contributed by atoms with Gasteiger partial charge in [-0.05, 0) is 61.6 Å². The molecule has 11 nitrogen and oxygen atoms in total. The first kappa shape index (κ1) is 32.5. The number of thiophene rings is 1. The van der Waals surface area contributed by atoms with E-state index in [1.165, 1.54) is 16.2 Å². The molecule has 2 saturated carbocycles. The monoisotopic (exact) mass is 673 g/mol. The smallest absolute Gasteiger partial charge is 0.329 e. The Balaban J connectivity index is 1.19. The molecule has 7 rings (SSSR count). The molecule has 12 heteroatoms. The number of hydrogen-bond donors (Lipinski definition) is 3. The van der Waals surface area contributed by atoms with E-state index < -0.39 is 35.6 Å². The van der Waals surface area contributed by atoms with Gasteiger partial charge >= 0.3 is 5.97 Å². The Morgan fingerprint density at radius 2 is 1.65 bits per heavy atom. The minimum absolute atomic E-state index is 0.0919. The van der Waals surface area contributed by atoms with Crippen LogP contribution in [-0.4, -0.2) is 73.9 Å². The van der Waals surface area contributed by atoms with E-state index in [2.05, 4.69) is 10.6 Å². The van der Waals surface area contributed by atoms with Crippen LogP contribution >= 0.6 is 11.3 Å². The van der Waals surface area contributed by atoms with Gasteiger partial charge in [0.25, 0.3) is 0 Å². The van der Waals surface area contributed by atoms with Gasteiger partial charge in [-0.1, -0.05) is 63.1 Å². The molecule has 254 valence electrons. The minimum atomic E-state index is -1.32. The van der Waals surface area contributed by atoms with Crippen LogP contribution < -0.4 is 15.4 Å². The van der Waals surface area contributed by atoms with Crippen LogP contribution in [0, 0.1) is 11.8 Å².